The molecule has 1 N–H and O–H groups in total. The molecule has 2 nitrogen and oxygen atoms in total. The van der Waals surface area contributed by atoms with Crippen molar-refractivity contribution >= 4 is 0 Å². The van der Waals surface area contributed by atoms with E-state index in [0.717, 1.165) is 19.3 Å². The first-order valence-corrected chi connectivity index (χ1v) is 6.85. The predicted molar refractivity (Wildman–Crippen MR) is 69.5 cm³/mol. The molecule has 1 aromatic rings. The van der Waals surface area contributed by atoms with Crippen LogP contribution in [0.25, 0.3) is 0 Å². The smallest absolute Gasteiger partial charge is 0.147 e. The molecule has 1 heterocycles. The summed E-state index contributed by atoms with van der Waals surface area (Å²) in [5.74, 6) is 0.890. The van der Waals surface area contributed by atoms with Gasteiger partial charge in [0.15, 0.2) is 0 Å². The van der Waals surface area contributed by atoms with Gasteiger partial charge in [-0.2, -0.15) is 0 Å². The molecule has 0 spiro atoms. The van der Waals surface area contributed by atoms with Crippen molar-refractivity contribution in [3.8, 4) is 0 Å². The van der Waals surface area contributed by atoms with Gasteiger partial charge in [-0.05, 0) is 43.6 Å². The van der Waals surface area contributed by atoms with Gasteiger partial charge in [0, 0.05) is 11.8 Å². The van der Waals surface area contributed by atoms with E-state index in [1.807, 2.05) is 0 Å². The van der Waals surface area contributed by atoms with Crippen molar-refractivity contribution < 1.29 is 9.50 Å². The summed E-state index contributed by atoms with van der Waals surface area (Å²) in [5.41, 5.74) is -0.585. The van der Waals surface area contributed by atoms with Gasteiger partial charge in [-0.15, -0.1) is 0 Å². The summed E-state index contributed by atoms with van der Waals surface area (Å²) in [6.45, 7) is 4.45. The highest BCUT2D eigenvalue weighted by atomic mass is 19.1. The number of aromatic nitrogens is 1. The molecule has 1 saturated carbocycles. The highest BCUT2D eigenvalue weighted by Crippen LogP contribution is 2.40. The molecule has 1 aromatic heterocycles. The van der Waals surface area contributed by atoms with Crippen LogP contribution in [-0.2, 0) is 5.60 Å². The number of pyridine rings is 1. The van der Waals surface area contributed by atoms with Gasteiger partial charge >= 0.3 is 0 Å². The molecule has 3 heteroatoms. The first kappa shape index (κ1) is 13.5. The molecule has 1 fully saturated rings. The largest absolute Gasteiger partial charge is 0.385 e. The van der Waals surface area contributed by atoms with E-state index in [1.165, 1.54) is 6.20 Å². The summed E-state index contributed by atoms with van der Waals surface area (Å²) in [5, 5.41) is 10.7. The Morgan fingerprint density at radius 2 is 2.17 bits per heavy atom. The zero-order valence-corrected chi connectivity index (χ0v) is 11.2. The minimum absolute atomic E-state index is 0.386. The topological polar surface area (TPSA) is 33.1 Å². The van der Waals surface area contributed by atoms with Crippen molar-refractivity contribution in [2.24, 2.45) is 11.8 Å². The van der Waals surface area contributed by atoms with Crippen LogP contribution >= 0.6 is 0 Å². The SMILES string of the molecule is CC(C)C1CCCC(O)(c2ccncc2F)CC1. The summed E-state index contributed by atoms with van der Waals surface area (Å²) >= 11 is 0. The Balaban J connectivity index is 2.19. The maximum absolute atomic E-state index is 13.8. The molecule has 18 heavy (non-hydrogen) atoms. The summed E-state index contributed by atoms with van der Waals surface area (Å²) < 4.78 is 13.8. The lowest BCUT2D eigenvalue weighted by molar-refractivity contribution is 0.0156. The van der Waals surface area contributed by atoms with E-state index in [1.54, 1.807) is 12.3 Å². The van der Waals surface area contributed by atoms with E-state index >= 15 is 0 Å². The van der Waals surface area contributed by atoms with Gasteiger partial charge in [-0.25, -0.2) is 4.39 Å². The second-order valence-corrected chi connectivity index (χ2v) is 5.82. The normalized spacial score (nSPS) is 29.3. The molecule has 0 aromatic carbocycles. The molecule has 1 aliphatic rings. The van der Waals surface area contributed by atoms with Crippen LogP contribution in [0.5, 0.6) is 0 Å². The minimum atomic E-state index is -1.00. The van der Waals surface area contributed by atoms with Gasteiger partial charge in [0.25, 0.3) is 0 Å². The highest BCUT2D eigenvalue weighted by Gasteiger charge is 2.35. The average molecular weight is 251 g/mol. The van der Waals surface area contributed by atoms with Gasteiger partial charge in [0.05, 0.1) is 11.8 Å². The van der Waals surface area contributed by atoms with E-state index in [9.17, 15) is 9.50 Å². The molecule has 0 amide bonds. The third-order valence-electron chi connectivity index (χ3n) is 4.31. The van der Waals surface area contributed by atoms with Crippen LogP contribution in [0.15, 0.2) is 18.5 Å². The number of aliphatic hydroxyl groups is 1. The summed E-state index contributed by atoms with van der Waals surface area (Å²) in [7, 11) is 0. The Hall–Kier alpha value is -0.960. The van der Waals surface area contributed by atoms with Crippen LogP contribution < -0.4 is 0 Å². The van der Waals surface area contributed by atoms with E-state index < -0.39 is 5.60 Å². The highest BCUT2D eigenvalue weighted by molar-refractivity contribution is 5.21. The van der Waals surface area contributed by atoms with Crippen molar-refractivity contribution in [3.05, 3.63) is 29.8 Å². The summed E-state index contributed by atoms with van der Waals surface area (Å²) in [6, 6.07) is 1.62. The molecule has 0 aliphatic heterocycles. The Morgan fingerprint density at radius 1 is 1.39 bits per heavy atom. The number of hydrogen-bond donors (Lipinski definition) is 1. The van der Waals surface area contributed by atoms with Gasteiger partial charge in [-0.1, -0.05) is 20.3 Å². The van der Waals surface area contributed by atoms with Crippen molar-refractivity contribution in [2.75, 3.05) is 0 Å². The Kier molecular flexibility index (Phi) is 4.00. The summed E-state index contributed by atoms with van der Waals surface area (Å²) in [4.78, 5) is 3.75. The van der Waals surface area contributed by atoms with Gasteiger partial charge in [0.1, 0.15) is 5.82 Å². The van der Waals surface area contributed by atoms with Gasteiger partial charge < -0.3 is 5.11 Å². The monoisotopic (exact) mass is 251 g/mol. The standard InChI is InChI=1S/C15H22FNO/c1-11(2)12-4-3-7-15(18,8-5-12)13-6-9-17-10-14(13)16/h6,9-12,18H,3-5,7-8H2,1-2H3. The molecule has 0 saturated heterocycles. The lowest BCUT2D eigenvalue weighted by Gasteiger charge is -2.27. The molecule has 2 unspecified atom stereocenters. The maximum atomic E-state index is 13.8. The lowest BCUT2D eigenvalue weighted by Crippen LogP contribution is -2.26. The van der Waals surface area contributed by atoms with Crippen LogP contribution in [0.4, 0.5) is 4.39 Å². The van der Waals surface area contributed by atoms with Crippen LogP contribution in [-0.4, -0.2) is 10.1 Å². The van der Waals surface area contributed by atoms with Gasteiger partial charge in [-0.3, -0.25) is 4.98 Å². The molecule has 2 atom stereocenters. The predicted octanol–water partition coefficient (Wildman–Crippen LogP) is 3.64. The fourth-order valence-electron chi connectivity index (χ4n) is 3.04. The Bertz CT molecular complexity index is 407. The zero-order chi connectivity index (χ0) is 13.2. The minimum Gasteiger partial charge on any atom is -0.385 e. The van der Waals surface area contributed by atoms with Crippen LogP contribution in [0, 0.1) is 17.7 Å². The van der Waals surface area contributed by atoms with Crippen molar-refractivity contribution in [2.45, 2.75) is 51.6 Å². The van der Waals surface area contributed by atoms with Crippen LogP contribution in [0.1, 0.15) is 51.5 Å². The molecule has 2 rings (SSSR count). The number of hydrogen-bond acceptors (Lipinski definition) is 2. The zero-order valence-electron chi connectivity index (χ0n) is 11.2. The quantitative estimate of drug-likeness (QED) is 0.814. The Morgan fingerprint density at radius 3 is 2.83 bits per heavy atom. The second-order valence-electron chi connectivity index (χ2n) is 5.82. The van der Waals surface area contributed by atoms with E-state index in [-0.39, 0.29) is 5.82 Å². The fourth-order valence-corrected chi connectivity index (χ4v) is 3.04. The van der Waals surface area contributed by atoms with E-state index in [4.69, 9.17) is 0 Å². The molecule has 100 valence electrons. The molecule has 0 radical (unpaired) electrons. The average Bonchev–Trinajstić information content (AvgIpc) is 2.52. The molecule has 0 bridgehead atoms. The molecular weight excluding hydrogens is 229 g/mol. The summed E-state index contributed by atoms with van der Waals surface area (Å²) in [6.07, 6.45) is 7.11. The number of nitrogens with zero attached hydrogens (tertiary/aromatic N) is 1. The Labute approximate surface area is 108 Å². The van der Waals surface area contributed by atoms with E-state index in [0.29, 0.717) is 30.2 Å². The first-order chi connectivity index (χ1) is 8.53. The second kappa shape index (κ2) is 5.35. The maximum Gasteiger partial charge on any atom is 0.147 e. The molecular formula is C15H22FNO. The van der Waals surface area contributed by atoms with E-state index in [2.05, 4.69) is 18.8 Å². The fraction of sp³-hybridized carbons (Fsp3) is 0.667. The first-order valence-electron chi connectivity index (χ1n) is 6.85. The van der Waals surface area contributed by atoms with Crippen LogP contribution in [0.2, 0.25) is 0 Å². The third-order valence-corrected chi connectivity index (χ3v) is 4.31. The number of halogens is 1. The van der Waals surface area contributed by atoms with Crippen molar-refractivity contribution in [3.63, 3.8) is 0 Å². The lowest BCUT2D eigenvalue weighted by atomic mass is 9.85. The number of rotatable bonds is 2. The van der Waals surface area contributed by atoms with Crippen molar-refractivity contribution in [1.82, 2.24) is 4.98 Å². The molecule has 1 aliphatic carbocycles. The van der Waals surface area contributed by atoms with Crippen molar-refractivity contribution in [1.29, 1.82) is 0 Å². The third kappa shape index (κ3) is 2.72. The van der Waals surface area contributed by atoms with Crippen LogP contribution in [0.3, 0.4) is 0 Å². The van der Waals surface area contributed by atoms with Gasteiger partial charge in [0.2, 0.25) is 0 Å².